The third-order valence-corrected chi connectivity index (χ3v) is 2.54. The van der Waals surface area contributed by atoms with E-state index in [2.05, 4.69) is 15.1 Å². The normalized spacial score (nSPS) is 11.1. The number of nitrogens with one attached hydrogen (secondary N) is 1. The molecule has 2 N–H and O–H groups in total. The number of fused-ring (bicyclic) bond motifs is 1. The highest BCUT2D eigenvalue weighted by molar-refractivity contribution is 5.85. The summed E-state index contributed by atoms with van der Waals surface area (Å²) in [6.45, 7) is 0. The Morgan fingerprint density at radius 1 is 1.26 bits per heavy atom. The summed E-state index contributed by atoms with van der Waals surface area (Å²) in [6, 6.07) is 3.33. The van der Waals surface area contributed by atoms with Gasteiger partial charge in [0.2, 0.25) is 0 Å². The Bertz CT molecular complexity index is 762. The highest BCUT2D eigenvalue weighted by atomic mass is 19.2. The van der Waals surface area contributed by atoms with Gasteiger partial charge in [0.15, 0.2) is 23.2 Å². The number of hydrogen-bond acceptors (Lipinski definition) is 3. The van der Waals surface area contributed by atoms with E-state index in [9.17, 15) is 13.6 Å². The fourth-order valence-electron chi connectivity index (χ4n) is 1.65. The lowest BCUT2D eigenvalue weighted by molar-refractivity contribution is 0.0691. The Hall–Kier alpha value is -2.77. The summed E-state index contributed by atoms with van der Waals surface area (Å²) < 4.78 is 27.2. The van der Waals surface area contributed by atoms with Crippen molar-refractivity contribution in [2.24, 2.45) is 0 Å². The average molecular weight is 264 g/mol. The van der Waals surface area contributed by atoms with Gasteiger partial charge < -0.3 is 5.11 Å². The Morgan fingerprint density at radius 3 is 2.68 bits per heavy atom. The topological polar surface area (TPSA) is 83.3 Å². The molecule has 3 rings (SSSR count). The highest BCUT2D eigenvalue weighted by Gasteiger charge is 2.13. The van der Waals surface area contributed by atoms with Gasteiger partial charge in [-0.05, 0) is 18.2 Å². The molecule has 0 saturated carbocycles. The summed E-state index contributed by atoms with van der Waals surface area (Å²) in [7, 11) is 0. The van der Waals surface area contributed by atoms with Crippen molar-refractivity contribution in [3.63, 3.8) is 0 Å². The van der Waals surface area contributed by atoms with Gasteiger partial charge in [0.25, 0.3) is 5.78 Å². The van der Waals surface area contributed by atoms with Crippen LogP contribution in [0.15, 0.2) is 24.4 Å². The lowest BCUT2D eigenvalue weighted by Gasteiger charge is -1.97. The number of halogens is 2. The average Bonchev–Trinajstić information content (AvgIpc) is 2.90. The van der Waals surface area contributed by atoms with Gasteiger partial charge in [0, 0.05) is 5.56 Å². The third-order valence-electron chi connectivity index (χ3n) is 2.54. The Labute approximate surface area is 104 Å². The van der Waals surface area contributed by atoms with Crippen LogP contribution in [0.4, 0.5) is 8.78 Å². The van der Waals surface area contributed by atoms with Gasteiger partial charge in [-0.1, -0.05) is 0 Å². The van der Waals surface area contributed by atoms with Crippen LogP contribution >= 0.6 is 0 Å². The molecule has 0 aliphatic heterocycles. The molecule has 0 spiro atoms. The number of H-pyrrole nitrogens is 1. The van der Waals surface area contributed by atoms with Crippen molar-refractivity contribution in [2.45, 2.75) is 0 Å². The van der Waals surface area contributed by atoms with Crippen LogP contribution < -0.4 is 0 Å². The lowest BCUT2D eigenvalue weighted by Crippen LogP contribution is -1.96. The lowest BCUT2D eigenvalue weighted by atomic mass is 10.2. The van der Waals surface area contributed by atoms with Crippen molar-refractivity contribution in [1.82, 2.24) is 19.6 Å². The maximum absolute atomic E-state index is 13.1. The van der Waals surface area contributed by atoms with E-state index in [0.717, 1.165) is 12.1 Å². The van der Waals surface area contributed by atoms with E-state index < -0.39 is 17.6 Å². The number of aromatic carboxylic acids is 1. The number of carboxylic acid groups (broad SMARTS) is 1. The third kappa shape index (κ3) is 1.82. The Balaban J connectivity index is 2.08. The molecule has 0 amide bonds. The van der Waals surface area contributed by atoms with Gasteiger partial charge in [0.05, 0.1) is 6.20 Å². The second-order valence-electron chi connectivity index (χ2n) is 3.80. The molecular weight excluding hydrogens is 258 g/mol. The number of hydrogen-bond donors (Lipinski definition) is 2. The summed E-state index contributed by atoms with van der Waals surface area (Å²) in [5.41, 5.74) is 0.178. The monoisotopic (exact) mass is 264 g/mol. The summed E-state index contributed by atoms with van der Waals surface area (Å²) in [5.74, 6) is -2.71. The quantitative estimate of drug-likeness (QED) is 0.738. The number of nitrogens with zero attached hydrogens (tertiary/aromatic N) is 3. The van der Waals surface area contributed by atoms with E-state index in [0.29, 0.717) is 5.56 Å². The molecule has 2 heterocycles. The number of aromatic nitrogens is 4. The number of benzene rings is 1. The van der Waals surface area contributed by atoms with E-state index in [1.807, 2.05) is 0 Å². The SMILES string of the molecule is O=C(O)c1cn2[nH]c(-c3ccc(F)c(F)c3)nc2n1. The second kappa shape index (κ2) is 3.87. The van der Waals surface area contributed by atoms with Crippen molar-refractivity contribution >= 4 is 11.7 Å². The van der Waals surface area contributed by atoms with Crippen LogP contribution in [0, 0.1) is 11.6 Å². The number of aromatic amines is 1. The molecule has 2 aromatic heterocycles. The largest absolute Gasteiger partial charge is 0.476 e. The first kappa shape index (κ1) is 11.3. The molecule has 0 unspecified atom stereocenters. The molecule has 0 aliphatic rings. The van der Waals surface area contributed by atoms with Gasteiger partial charge >= 0.3 is 5.97 Å². The van der Waals surface area contributed by atoms with E-state index in [-0.39, 0.29) is 17.3 Å². The van der Waals surface area contributed by atoms with E-state index in [1.165, 1.54) is 16.8 Å². The van der Waals surface area contributed by atoms with Crippen LogP contribution in [-0.4, -0.2) is 30.7 Å². The molecule has 0 fully saturated rings. The molecule has 8 heteroatoms. The first-order chi connectivity index (χ1) is 9.04. The minimum absolute atomic E-state index is 0.136. The van der Waals surface area contributed by atoms with E-state index in [4.69, 9.17) is 5.11 Å². The number of carboxylic acids is 1. The predicted molar refractivity (Wildman–Crippen MR) is 59.6 cm³/mol. The maximum atomic E-state index is 13.1. The molecule has 19 heavy (non-hydrogen) atoms. The zero-order valence-corrected chi connectivity index (χ0v) is 9.26. The van der Waals surface area contributed by atoms with Crippen LogP contribution in [-0.2, 0) is 0 Å². The smallest absolute Gasteiger partial charge is 0.356 e. The summed E-state index contributed by atoms with van der Waals surface area (Å²) >= 11 is 0. The van der Waals surface area contributed by atoms with E-state index >= 15 is 0 Å². The standard InChI is InChI=1S/C11H6F2N4O2/c12-6-2-1-5(3-7(6)13)9-15-11-14-8(10(18)19)4-17(11)16-9/h1-4H,(H,18,19)(H,14,15,16). The van der Waals surface area contributed by atoms with Crippen molar-refractivity contribution in [3.05, 3.63) is 41.7 Å². The number of rotatable bonds is 2. The molecular formula is C11H6F2N4O2. The van der Waals surface area contributed by atoms with Crippen molar-refractivity contribution in [2.75, 3.05) is 0 Å². The van der Waals surface area contributed by atoms with Gasteiger partial charge in [0.1, 0.15) is 0 Å². The molecule has 3 aromatic rings. The second-order valence-corrected chi connectivity index (χ2v) is 3.80. The van der Waals surface area contributed by atoms with Crippen LogP contribution in [0.3, 0.4) is 0 Å². The molecule has 96 valence electrons. The Kier molecular flexibility index (Phi) is 2.31. The van der Waals surface area contributed by atoms with Crippen LogP contribution in [0.2, 0.25) is 0 Å². The summed E-state index contributed by atoms with van der Waals surface area (Å²) in [4.78, 5) is 18.4. The summed E-state index contributed by atoms with van der Waals surface area (Å²) in [6.07, 6.45) is 1.24. The first-order valence-corrected chi connectivity index (χ1v) is 5.18. The van der Waals surface area contributed by atoms with Crippen molar-refractivity contribution in [1.29, 1.82) is 0 Å². The first-order valence-electron chi connectivity index (χ1n) is 5.18. The van der Waals surface area contributed by atoms with Crippen LogP contribution in [0.5, 0.6) is 0 Å². The predicted octanol–water partition coefficient (Wildman–Crippen LogP) is 1.70. The number of carbonyl (C=O) groups is 1. The van der Waals surface area contributed by atoms with Crippen molar-refractivity contribution < 1.29 is 18.7 Å². The Morgan fingerprint density at radius 2 is 2.05 bits per heavy atom. The van der Waals surface area contributed by atoms with Crippen LogP contribution in [0.1, 0.15) is 10.5 Å². The van der Waals surface area contributed by atoms with Gasteiger partial charge in [-0.3, -0.25) is 5.10 Å². The minimum atomic E-state index is -1.17. The van der Waals surface area contributed by atoms with E-state index in [1.54, 1.807) is 0 Å². The molecule has 0 radical (unpaired) electrons. The number of imidazole rings is 1. The van der Waals surface area contributed by atoms with Crippen LogP contribution in [0.25, 0.3) is 17.2 Å². The zero-order valence-electron chi connectivity index (χ0n) is 9.26. The van der Waals surface area contributed by atoms with Gasteiger partial charge in [-0.25, -0.2) is 23.1 Å². The molecule has 0 atom stereocenters. The summed E-state index contributed by atoms with van der Waals surface area (Å²) in [5, 5.41) is 11.5. The minimum Gasteiger partial charge on any atom is -0.476 e. The fraction of sp³-hybridized carbons (Fsp3) is 0. The molecule has 6 nitrogen and oxygen atoms in total. The molecule has 1 aromatic carbocycles. The molecule has 0 aliphatic carbocycles. The molecule has 0 saturated heterocycles. The van der Waals surface area contributed by atoms with Gasteiger partial charge in [-0.15, -0.1) is 0 Å². The van der Waals surface area contributed by atoms with Crippen molar-refractivity contribution in [3.8, 4) is 11.4 Å². The molecule has 0 bridgehead atoms. The fourth-order valence-corrected chi connectivity index (χ4v) is 1.65. The van der Waals surface area contributed by atoms with Gasteiger partial charge in [-0.2, -0.15) is 4.98 Å². The maximum Gasteiger partial charge on any atom is 0.356 e. The zero-order chi connectivity index (χ0) is 13.6. The highest BCUT2D eigenvalue weighted by Crippen LogP contribution is 2.19.